The summed E-state index contributed by atoms with van der Waals surface area (Å²) in [6, 6.07) is 69.8. The van der Waals surface area contributed by atoms with Crippen molar-refractivity contribution in [2.24, 2.45) is 0 Å². The van der Waals surface area contributed by atoms with Crippen molar-refractivity contribution < 1.29 is 0 Å². The van der Waals surface area contributed by atoms with Crippen molar-refractivity contribution >= 4 is 64.9 Å². The molecule has 0 N–H and O–H groups in total. The van der Waals surface area contributed by atoms with E-state index in [0.717, 1.165) is 66.6 Å². The summed E-state index contributed by atoms with van der Waals surface area (Å²) in [5.41, 5.74) is 10.4. The summed E-state index contributed by atoms with van der Waals surface area (Å²) in [7, 11) is 0. The minimum absolute atomic E-state index is 0.895. The smallest absolute Gasteiger partial charge is 0.0978 e. The van der Waals surface area contributed by atoms with Crippen LogP contribution < -0.4 is 0 Å². The molecule has 0 saturated carbocycles. The van der Waals surface area contributed by atoms with E-state index >= 15 is 0 Å². The molecule has 2 nitrogen and oxygen atoms in total. The maximum absolute atomic E-state index is 5.60. The Kier molecular flexibility index (Phi) is 6.90. The van der Waals surface area contributed by atoms with Gasteiger partial charge in [-0.2, -0.15) is 0 Å². The molecule has 0 bridgehead atoms. The van der Waals surface area contributed by atoms with E-state index in [2.05, 4.69) is 194 Å². The van der Waals surface area contributed by atoms with Gasteiger partial charge in [0, 0.05) is 21.9 Å². The Labute approximate surface area is 312 Å². The first-order valence-electron chi connectivity index (χ1n) is 18.5. The fraction of sp³-hybridized carbons (Fsp3) is 0. The summed E-state index contributed by atoms with van der Waals surface area (Å²) in [6.45, 7) is 0. The molecule has 0 fully saturated rings. The molecule has 9 aromatic carbocycles. The number of hydrogen-bond donors (Lipinski definition) is 0. The molecule has 250 valence electrons. The molecule has 2 aromatic heterocycles. The van der Waals surface area contributed by atoms with Crippen LogP contribution >= 0.6 is 0 Å². The maximum Gasteiger partial charge on any atom is 0.0978 e. The van der Waals surface area contributed by atoms with E-state index < -0.39 is 0 Å². The van der Waals surface area contributed by atoms with Crippen LogP contribution in [0.5, 0.6) is 0 Å². The van der Waals surface area contributed by atoms with E-state index in [1.807, 2.05) is 0 Å². The Bertz CT molecular complexity index is 3040. The van der Waals surface area contributed by atoms with Crippen molar-refractivity contribution in [2.45, 2.75) is 0 Å². The standard InChI is InChI=1S/C52H32N2/c1-3-13-33(14-4-1)47-31-49(43-23-11-21-39-37-19-9-7-17-35(37)25-27-41(39)43)53-51-45(47)29-30-46-48(34-15-5-2-6-16-34)32-50(54-52(46)51)44-24-12-22-40-38-20-10-8-18-36(38)26-28-42(40)44/h1-32H. The lowest BCUT2D eigenvalue weighted by Gasteiger charge is -2.17. The normalized spacial score (nSPS) is 11.7. The number of aromatic nitrogens is 2. The summed E-state index contributed by atoms with van der Waals surface area (Å²) in [5.74, 6) is 0. The van der Waals surface area contributed by atoms with Crippen LogP contribution in [0, 0.1) is 0 Å². The molecule has 11 aromatic rings. The van der Waals surface area contributed by atoms with Crippen molar-refractivity contribution in [1.82, 2.24) is 9.97 Å². The van der Waals surface area contributed by atoms with Crippen LogP contribution in [0.4, 0.5) is 0 Å². The molecule has 2 heteroatoms. The van der Waals surface area contributed by atoms with Gasteiger partial charge in [0.1, 0.15) is 0 Å². The highest BCUT2D eigenvalue weighted by molar-refractivity contribution is 6.17. The number of hydrogen-bond acceptors (Lipinski definition) is 2. The predicted octanol–water partition coefficient (Wildman–Crippen LogP) is 14.1. The summed E-state index contributed by atoms with van der Waals surface area (Å²) in [4.78, 5) is 11.2. The zero-order valence-electron chi connectivity index (χ0n) is 29.4. The van der Waals surface area contributed by atoms with Gasteiger partial charge in [0.25, 0.3) is 0 Å². The molecule has 0 aliphatic carbocycles. The molecule has 54 heavy (non-hydrogen) atoms. The Hall–Kier alpha value is -7.16. The molecular weight excluding hydrogens is 653 g/mol. The highest BCUT2D eigenvalue weighted by atomic mass is 14.8. The molecule has 0 spiro atoms. The molecule has 11 rings (SSSR count). The van der Waals surface area contributed by atoms with Crippen molar-refractivity contribution in [3.05, 3.63) is 194 Å². The number of nitrogens with zero attached hydrogens (tertiary/aromatic N) is 2. The van der Waals surface area contributed by atoms with Crippen LogP contribution in [0.15, 0.2) is 194 Å². The highest BCUT2D eigenvalue weighted by Crippen LogP contribution is 2.42. The molecule has 2 heterocycles. The van der Waals surface area contributed by atoms with Gasteiger partial charge in [-0.25, -0.2) is 9.97 Å². The van der Waals surface area contributed by atoms with E-state index in [1.165, 1.54) is 43.1 Å². The van der Waals surface area contributed by atoms with Crippen molar-refractivity contribution in [3.63, 3.8) is 0 Å². The molecule has 0 aliphatic rings. The Morgan fingerprint density at radius 1 is 0.241 bits per heavy atom. The average molecular weight is 685 g/mol. The van der Waals surface area contributed by atoms with Crippen LogP contribution in [0.25, 0.3) is 110 Å². The first kappa shape index (κ1) is 30.5. The summed E-state index contributed by atoms with van der Waals surface area (Å²) >= 11 is 0. The molecule has 0 atom stereocenters. The number of rotatable bonds is 4. The van der Waals surface area contributed by atoms with Gasteiger partial charge in [-0.05, 0) is 77.5 Å². The second kappa shape index (κ2) is 12.2. The van der Waals surface area contributed by atoms with Gasteiger partial charge >= 0.3 is 0 Å². The quantitative estimate of drug-likeness (QED) is 0.172. The third-order valence-electron chi connectivity index (χ3n) is 11.1. The second-order valence-corrected chi connectivity index (χ2v) is 14.1. The fourth-order valence-electron chi connectivity index (χ4n) is 8.49. The van der Waals surface area contributed by atoms with Crippen LogP contribution in [0.2, 0.25) is 0 Å². The molecule has 0 saturated heterocycles. The largest absolute Gasteiger partial charge is 0.245 e. The van der Waals surface area contributed by atoms with E-state index in [9.17, 15) is 0 Å². The minimum Gasteiger partial charge on any atom is -0.245 e. The number of fused-ring (bicyclic) bond motifs is 9. The SMILES string of the molecule is c1ccc(-c2cc(-c3cccc4c3ccc3ccccc34)nc3c2ccc2c(-c4ccccc4)cc(-c4cccc5c4ccc4ccccc45)nc23)cc1. The molecule has 0 amide bonds. The van der Waals surface area contributed by atoms with E-state index in [4.69, 9.17) is 9.97 Å². The van der Waals surface area contributed by atoms with Gasteiger partial charge in [-0.3, -0.25) is 0 Å². The van der Waals surface area contributed by atoms with Crippen LogP contribution in [-0.4, -0.2) is 9.97 Å². The van der Waals surface area contributed by atoms with Gasteiger partial charge in [0.05, 0.1) is 22.4 Å². The second-order valence-electron chi connectivity index (χ2n) is 14.1. The maximum atomic E-state index is 5.60. The zero-order valence-corrected chi connectivity index (χ0v) is 29.4. The Morgan fingerprint density at radius 3 is 1.09 bits per heavy atom. The molecular formula is C52H32N2. The first-order chi connectivity index (χ1) is 26.8. The van der Waals surface area contributed by atoms with Crippen LogP contribution in [0.1, 0.15) is 0 Å². The minimum atomic E-state index is 0.895. The predicted molar refractivity (Wildman–Crippen MR) is 229 cm³/mol. The first-order valence-corrected chi connectivity index (χ1v) is 18.5. The lowest BCUT2D eigenvalue weighted by atomic mass is 9.91. The third-order valence-corrected chi connectivity index (χ3v) is 11.1. The number of pyridine rings is 2. The lowest BCUT2D eigenvalue weighted by molar-refractivity contribution is 1.37. The lowest BCUT2D eigenvalue weighted by Crippen LogP contribution is -1.96. The van der Waals surface area contributed by atoms with E-state index in [0.29, 0.717) is 0 Å². The zero-order chi connectivity index (χ0) is 35.6. The highest BCUT2D eigenvalue weighted by Gasteiger charge is 2.19. The van der Waals surface area contributed by atoms with Gasteiger partial charge in [-0.1, -0.05) is 182 Å². The molecule has 0 radical (unpaired) electrons. The summed E-state index contributed by atoms with van der Waals surface area (Å²) in [6.07, 6.45) is 0. The fourth-order valence-corrected chi connectivity index (χ4v) is 8.49. The summed E-state index contributed by atoms with van der Waals surface area (Å²) in [5, 5.41) is 11.9. The van der Waals surface area contributed by atoms with E-state index in [1.54, 1.807) is 0 Å². The van der Waals surface area contributed by atoms with Gasteiger partial charge in [-0.15, -0.1) is 0 Å². The van der Waals surface area contributed by atoms with Crippen molar-refractivity contribution in [3.8, 4) is 44.8 Å². The van der Waals surface area contributed by atoms with E-state index in [-0.39, 0.29) is 0 Å². The summed E-state index contributed by atoms with van der Waals surface area (Å²) < 4.78 is 0. The van der Waals surface area contributed by atoms with Crippen LogP contribution in [0.3, 0.4) is 0 Å². The third kappa shape index (κ3) is 4.81. The monoisotopic (exact) mass is 684 g/mol. The Morgan fingerprint density at radius 2 is 0.630 bits per heavy atom. The van der Waals surface area contributed by atoms with Gasteiger partial charge in [0.15, 0.2) is 0 Å². The Balaban J connectivity index is 1.26. The molecule has 0 unspecified atom stereocenters. The topological polar surface area (TPSA) is 25.8 Å². The van der Waals surface area contributed by atoms with Crippen molar-refractivity contribution in [2.75, 3.05) is 0 Å². The molecule has 0 aliphatic heterocycles. The van der Waals surface area contributed by atoms with Crippen LogP contribution in [-0.2, 0) is 0 Å². The van der Waals surface area contributed by atoms with Gasteiger partial charge < -0.3 is 0 Å². The number of benzene rings is 9. The average Bonchev–Trinajstić information content (AvgIpc) is 3.25. The van der Waals surface area contributed by atoms with Gasteiger partial charge in [0.2, 0.25) is 0 Å². The van der Waals surface area contributed by atoms with Crippen molar-refractivity contribution in [1.29, 1.82) is 0 Å².